The Balaban J connectivity index is 2.68. The molecule has 17 heavy (non-hydrogen) atoms. The maximum Gasteiger partial charge on any atom is 0.420 e. The van der Waals surface area contributed by atoms with Crippen LogP contribution in [0.25, 0.3) is 0 Å². The number of imide groups is 1. The van der Waals surface area contributed by atoms with Crippen molar-refractivity contribution in [1.82, 2.24) is 0 Å². The van der Waals surface area contributed by atoms with E-state index >= 15 is 0 Å². The standard InChI is InChI=1S/C13H15NO3/c1-8-6-5-7-9-10(8)13(2,3)11(15)14(9)12(16)17-4/h5-7H,1-4H3. The summed E-state index contributed by atoms with van der Waals surface area (Å²) in [6.07, 6.45) is -0.632. The summed E-state index contributed by atoms with van der Waals surface area (Å²) in [5.41, 5.74) is 1.85. The van der Waals surface area contributed by atoms with Gasteiger partial charge in [0.25, 0.3) is 0 Å². The van der Waals surface area contributed by atoms with Crippen LogP contribution in [0.4, 0.5) is 10.5 Å². The van der Waals surface area contributed by atoms with Crippen LogP contribution in [0.3, 0.4) is 0 Å². The van der Waals surface area contributed by atoms with Gasteiger partial charge in [-0.3, -0.25) is 4.79 Å². The fraction of sp³-hybridized carbons (Fsp3) is 0.385. The van der Waals surface area contributed by atoms with E-state index in [9.17, 15) is 9.59 Å². The van der Waals surface area contributed by atoms with Crippen LogP contribution >= 0.6 is 0 Å². The molecule has 0 saturated carbocycles. The Morgan fingerprint density at radius 3 is 2.59 bits per heavy atom. The monoisotopic (exact) mass is 233 g/mol. The molecule has 90 valence electrons. The number of ether oxygens (including phenoxy) is 1. The molecule has 1 aromatic carbocycles. The maximum absolute atomic E-state index is 12.3. The highest BCUT2D eigenvalue weighted by molar-refractivity contribution is 6.21. The summed E-state index contributed by atoms with van der Waals surface area (Å²) >= 11 is 0. The number of anilines is 1. The van der Waals surface area contributed by atoms with Crippen LogP contribution in [0.2, 0.25) is 0 Å². The van der Waals surface area contributed by atoms with Crippen molar-refractivity contribution in [3.63, 3.8) is 0 Å². The molecule has 4 nitrogen and oxygen atoms in total. The van der Waals surface area contributed by atoms with Crippen LogP contribution in [0.15, 0.2) is 18.2 Å². The number of hydrogen-bond donors (Lipinski definition) is 0. The van der Waals surface area contributed by atoms with Crippen molar-refractivity contribution >= 4 is 17.7 Å². The second kappa shape index (κ2) is 3.58. The van der Waals surface area contributed by atoms with E-state index < -0.39 is 11.5 Å². The molecular formula is C13H15NO3. The largest absolute Gasteiger partial charge is 0.452 e. The minimum atomic E-state index is -0.686. The summed E-state index contributed by atoms with van der Waals surface area (Å²) in [5, 5.41) is 0. The van der Waals surface area contributed by atoms with E-state index in [2.05, 4.69) is 4.74 Å². The molecule has 0 aromatic heterocycles. The van der Waals surface area contributed by atoms with Crippen molar-refractivity contribution < 1.29 is 14.3 Å². The predicted molar refractivity (Wildman–Crippen MR) is 64.1 cm³/mol. The zero-order chi connectivity index (χ0) is 12.8. The van der Waals surface area contributed by atoms with Crippen molar-refractivity contribution in [2.45, 2.75) is 26.2 Å². The third kappa shape index (κ3) is 1.44. The normalized spacial score (nSPS) is 16.9. The first-order valence-electron chi connectivity index (χ1n) is 5.44. The summed E-state index contributed by atoms with van der Waals surface area (Å²) < 4.78 is 4.66. The number of aryl methyl sites for hydroxylation is 1. The number of hydrogen-bond acceptors (Lipinski definition) is 3. The van der Waals surface area contributed by atoms with Crippen LogP contribution in [-0.4, -0.2) is 19.1 Å². The summed E-state index contributed by atoms with van der Waals surface area (Å²) in [7, 11) is 1.27. The number of carbonyl (C=O) groups is 2. The van der Waals surface area contributed by atoms with E-state index in [0.717, 1.165) is 16.0 Å². The molecule has 0 radical (unpaired) electrons. The van der Waals surface area contributed by atoms with E-state index in [1.54, 1.807) is 6.07 Å². The van der Waals surface area contributed by atoms with Gasteiger partial charge >= 0.3 is 6.09 Å². The smallest absolute Gasteiger partial charge is 0.420 e. The van der Waals surface area contributed by atoms with Gasteiger partial charge in [-0.1, -0.05) is 12.1 Å². The number of amides is 2. The molecule has 1 aliphatic heterocycles. The third-order valence-electron chi connectivity index (χ3n) is 3.21. The lowest BCUT2D eigenvalue weighted by atomic mass is 9.83. The molecule has 0 spiro atoms. The van der Waals surface area contributed by atoms with Crippen LogP contribution in [-0.2, 0) is 14.9 Å². The number of rotatable bonds is 0. The van der Waals surface area contributed by atoms with Gasteiger partial charge < -0.3 is 4.74 Å². The molecule has 2 amide bonds. The van der Waals surface area contributed by atoms with Gasteiger partial charge in [-0.2, -0.15) is 0 Å². The van der Waals surface area contributed by atoms with Crippen molar-refractivity contribution in [3.05, 3.63) is 29.3 Å². The molecule has 0 unspecified atom stereocenters. The average Bonchev–Trinajstić information content (AvgIpc) is 2.48. The van der Waals surface area contributed by atoms with Gasteiger partial charge in [-0.15, -0.1) is 0 Å². The fourth-order valence-electron chi connectivity index (χ4n) is 2.42. The second-order valence-corrected chi connectivity index (χ2v) is 4.70. The minimum absolute atomic E-state index is 0.242. The third-order valence-corrected chi connectivity index (χ3v) is 3.21. The molecule has 0 atom stereocenters. The van der Waals surface area contributed by atoms with E-state index in [1.807, 2.05) is 32.9 Å². The topological polar surface area (TPSA) is 46.6 Å². The lowest BCUT2D eigenvalue weighted by Gasteiger charge is -2.18. The van der Waals surface area contributed by atoms with Crippen LogP contribution in [0.1, 0.15) is 25.0 Å². The van der Waals surface area contributed by atoms with Crippen LogP contribution < -0.4 is 4.90 Å². The predicted octanol–water partition coefficient (Wildman–Crippen LogP) is 2.39. The molecule has 0 fully saturated rings. The summed E-state index contributed by atoms with van der Waals surface area (Å²) in [5.74, 6) is -0.242. The summed E-state index contributed by atoms with van der Waals surface area (Å²) in [6.45, 7) is 5.59. The number of nitrogens with zero attached hydrogens (tertiary/aromatic N) is 1. The van der Waals surface area contributed by atoms with E-state index in [4.69, 9.17) is 0 Å². The first-order chi connectivity index (χ1) is 7.91. The Morgan fingerprint density at radius 2 is 2.00 bits per heavy atom. The van der Waals surface area contributed by atoms with Crippen LogP contribution in [0.5, 0.6) is 0 Å². The molecule has 1 aliphatic rings. The summed E-state index contributed by atoms with van der Waals surface area (Å²) in [6, 6.07) is 5.54. The van der Waals surface area contributed by atoms with Crippen molar-refractivity contribution in [2.24, 2.45) is 0 Å². The second-order valence-electron chi connectivity index (χ2n) is 4.70. The van der Waals surface area contributed by atoms with Gasteiger partial charge in [-0.25, -0.2) is 9.69 Å². The molecule has 1 heterocycles. The Labute approximate surface area is 100 Å². The van der Waals surface area contributed by atoms with Crippen molar-refractivity contribution in [3.8, 4) is 0 Å². The highest BCUT2D eigenvalue weighted by Gasteiger charge is 2.47. The number of benzene rings is 1. The molecule has 0 N–H and O–H groups in total. The number of methoxy groups -OCH3 is 1. The van der Waals surface area contributed by atoms with E-state index in [1.165, 1.54) is 7.11 Å². The zero-order valence-electron chi connectivity index (χ0n) is 10.4. The molecule has 1 aromatic rings. The molecular weight excluding hydrogens is 218 g/mol. The van der Waals surface area contributed by atoms with Gasteiger partial charge in [0.15, 0.2) is 0 Å². The molecule has 0 aliphatic carbocycles. The lowest BCUT2D eigenvalue weighted by Crippen LogP contribution is -2.40. The highest BCUT2D eigenvalue weighted by atomic mass is 16.5. The SMILES string of the molecule is COC(=O)N1C(=O)C(C)(C)c2c(C)cccc21. The minimum Gasteiger partial charge on any atom is -0.452 e. The zero-order valence-corrected chi connectivity index (χ0v) is 10.4. The molecule has 4 heteroatoms. The van der Waals surface area contributed by atoms with Gasteiger partial charge in [0.1, 0.15) is 0 Å². The Hall–Kier alpha value is -1.84. The first-order valence-corrected chi connectivity index (χ1v) is 5.44. The van der Waals surface area contributed by atoms with Crippen LogP contribution in [0, 0.1) is 6.92 Å². The van der Waals surface area contributed by atoms with Gasteiger partial charge in [0.05, 0.1) is 18.2 Å². The Morgan fingerprint density at radius 1 is 1.35 bits per heavy atom. The number of carbonyl (C=O) groups excluding carboxylic acids is 2. The van der Waals surface area contributed by atoms with Gasteiger partial charge in [0.2, 0.25) is 5.91 Å². The molecule has 0 saturated heterocycles. The Bertz CT molecular complexity index is 505. The first kappa shape index (κ1) is 11.6. The van der Waals surface area contributed by atoms with Crippen molar-refractivity contribution in [1.29, 1.82) is 0 Å². The Kier molecular flexibility index (Phi) is 2.45. The molecule has 0 bridgehead atoms. The highest BCUT2D eigenvalue weighted by Crippen LogP contribution is 2.43. The summed E-state index contributed by atoms with van der Waals surface area (Å²) in [4.78, 5) is 25.0. The van der Waals surface area contributed by atoms with E-state index in [-0.39, 0.29) is 5.91 Å². The average molecular weight is 233 g/mol. The quantitative estimate of drug-likeness (QED) is 0.691. The van der Waals surface area contributed by atoms with Gasteiger partial charge in [0, 0.05) is 0 Å². The van der Waals surface area contributed by atoms with Crippen molar-refractivity contribution in [2.75, 3.05) is 12.0 Å². The maximum atomic E-state index is 12.3. The fourth-order valence-corrected chi connectivity index (χ4v) is 2.42. The van der Waals surface area contributed by atoms with Gasteiger partial charge in [-0.05, 0) is 38.0 Å². The number of fused-ring (bicyclic) bond motifs is 1. The lowest BCUT2D eigenvalue weighted by molar-refractivity contribution is -0.121. The molecule has 2 rings (SSSR count). The van der Waals surface area contributed by atoms with E-state index in [0.29, 0.717) is 5.69 Å².